The molecular weight excluding hydrogens is 509 g/mol. The largest absolute Gasteiger partial charge is 0.352 e. The van der Waals surface area contributed by atoms with Crippen molar-refractivity contribution >= 4 is 46.6 Å². The van der Waals surface area contributed by atoms with Crippen LogP contribution in [-0.2, 0) is 19.5 Å². The Bertz CT molecular complexity index is 802. The van der Waals surface area contributed by atoms with Crippen LogP contribution in [0.1, 0.15) is 30.8 Å². The molecule has 1 aromatic heterocycles. The summed E-state index contributed by atoms with van der Waals surface area (Å²) in [5.41, 5.74) is 2.63. The van der Waals surface area contributed by atoms with Crippen LogP contribution in [0.15, 0.2) is 29.3 Å². The molecule has 1 aliphatic rings. The minimum atomic E-state index is 0. The monoisotopic (exact) mass is 543 g/mol. The van der Waals surface area contributed by atoms with Crippen LogP contribution in [0.3, 0.4) is 0 Å². The fourth-order valence-electron chi connectivity index (χ4n) is 3.40. The lowest BCUT2D eigenvalue weighted by atomic mass is 10.1. The Kier molecular flexibility index (Phi) is 10.3. The Morgan fingerprint density at radius 1 is 1.20 bits per heavy atom. The van der Waals surface area contributed by atoms with E-state index in [1.54, 1.807) is 0 Å². The summed E-state index contributed by atoms with van der Waals surface area (Å²) >= 11 is 1.51. The summed E-state index contributed by atoms with van der Waals surface area (Å²) < 4.78 is 4.41. The summed E-state index contributed by atoms with van der Waals surface area (Å²) in [7, 11) is 4.01. The van der Waals surface area contributed by atoms with E-state index in [4.69, 9.17) is 0 Å². The molecule has 1 aromatic carbocycles. The van der Waals surface area contributed by atoms with E-state index < -0.39 is 0 Å². The Labute approximate surface area is 201 Å². The maximum absolute atomic E-state index is 4.62. The highest BCUT2D eigenvalue weighted by Crippen LogP contribution is 2.19. The molecule has 166 valence electrons. The number of rotatable bonds is 7. The fraction of sp³-hybridized carbons (Fsp3) is 0.571. The molecule has 0 unspecified atom stereocenters. The van der Waals surface area contributed by atoms with Gasteiger partial charge in [-0.15, -0.1) is 24.0 Å². The van der Waals surface area contributed by atoms with Crippen molar-refractivity contribution in [2.24, 2.45) is 4.99 Å². The van der Waals surface area contributed by atoms with Gasteiger partial charge in [-0.25, -0.2) is 4.98 Å². The molecule has 1 saturated heterocycles. The summed E-state index contributed by atoms with van der Waals surface area (Å²) in [4.78, 5) is 16.1. The molecule has 2 aromatic rings. The average Bonchev–Trinajstić information content (AvgIpc) is 3.24. The molecular formula is C21H34IN7S. The number of hydrogen-bond donors (Lipinski definition) is 1. The van der Waals surface area contributed by atoms with Gasteiger partial charge in [0.15, 0.2) is 5.96 Å². The molecule has 9 heteroatoms. The second-order valence-electron chi connectivity index (χ2n) is 7.37. The third-order valence-electron chi connectivity index (χ3n) is 5.27. The van der Waals surface area contributed by atoms with Gasteiger partial charge in [-0.1, -0.05) is 38.1 Å². The fourth-order valence-corrected chi connectivity index (χ4v) is 4.20. The van der Waals surface area contributed by atoms with Gasteiger partial charge in [-0.05, 0) is 24.7 Å². The molecule has 1 fully saturated rings. The number of aromatic nitrogens is 2. The molecule has 0 amide bonds. The van der Waals surface area contributed by atoms with Gasteiger partial charge in [0.1, 0.15) is 5.82 Å². The zero-order chi connectivity index (χ0) is 20.6. The summed E-state index contributed by atoms with van der Waals surface area (Å²) in [6.07, 6.45) is 0.892. The smallest absolute Gasteiger partial charge is 0.205 e. The molecule has 30 heavy (non-hydrogen) atoms. The van der Waals surface area contributed by atoms with E-state index in [0.29, 0.717) is 0 Å². The topological polar surface area (TPSA) is 59.9 Å². The van der Waals surface area contributed by atoms with Gasteiger partial charge in [-0.3, -0.25) is 4.99 Å². The van der Waals surface area contributed by atoms with Crippen molar-refractivity contribution < 1.29 is 0 Å². The van der Waals surface area contributed by atoms with Crippen molar-refractivity contribution in [2.75, 3.05) is 51.7 Å². The van der Waals surface area contributed by atoms with E-state index in [-0.39, 0.29) is 24.0 Å². The summed E-state index contributed by atoms with van der Waals surface area (Å²) in [5.74, 6) is 1.91. The summed E-state index contributed by atoms with van der Waals surface area (Å²) in [5, 5.41) is 4.58. The maximum Gasteiger partial charge on any atom is 0.205 e. The van der Waals surface area contributed by atoms with Crippen LogP contribution in [-0.4, -0.2) is 71.9 Å². The number of aryl methyl sites for hydroxylation is 1. The molecule has 7 nitrogen and oxygen atoms in total. The third kappa shape index (κ3) is 6.78. The number of anilines is 1. The van der Waals surface area contributed by atoms with Gasteiger partial charge < -0.3 is 20.0 Å². The van der Waals surface area contributed by atoms with Crippen molar-refractivity contribution in [3.8, 4) is 0 Å². The quantitative estimate of drug-likeness (QED) is 0.329. The van der Waals surface area contributed by atoms with Crippen LogP contribution in [0.4, 0.5) is 5.13 Å². The Hall–Kier alpha value is -1.46. The normalized spacial score (nSPS) is 14.8. The van der Waals surface area contributed by atoms with Crippen molar-refractivity contribution in [3.63, 3.8) is 0 Å². The highest BCUT2D eigenvalue weighted by atomic mass is 127. The Morgan fingerprint density at radius 2 is 1.93 bits per heavy atom. The van der Waals surface area contributed by atoms with Crippen molar-refractivity contribution in [3.05, 3.63) is 41.2 Å². The van der Waals surface area contributed by atoms with Gasteiger partial charge in [0.05, 0.1) is 0 Å². The first-order valence-corrected chi connectivity index (χ1v) is 11.2. The number of benzene rings is 1. The number of nitrogens with zero attached hydrogens (tertiary/aromatic N) is 6. The molecule has 0 atom stereocenters. The zero-order valence-corrected chi connectivity index (χ0v) is 21.6. The van der Waals surface area contributed by atoms with E-state index in [0.717, 1.165) is 69.1 Å². The number of aliphatic imine (C=N–C) groups is 1. The molecule has 0 saturated carbocycles. The number of guanidine groups is 1. The van der Waals surface area contributed by atoms with Crippen LogP contribution in [0.5, 0.6) is 0 Å². The van der Waals surface area contributed by atoms with Crippen LogP contribution >= 0.6 is 35.5 Å². The van der Waals surface area contributed by atoms with Crippen molar-refractivity contribution in [2.45, 2.75) is 33.4 Å². The number of halogens is 1. The van der Waals surface area contributed by atoms with Gasteiger partial charge in [-0.2, -0.15) is 4.37 Å². The van der Waals surface area contributed by atoms with Crippen molar-refractivity contribution in [1.29, 1.82) is 0 Å². The minimum absolute atomic E-state index is 0. The third-order valence-corrected chi connectivity index (χ3v) is 6.08. The van der Waals surface area contributed by atoms with Gasteiger partial charge in [0.25, 0.3) is 0 Å². The number of piperazine rings is 1. The van der Waals surface area contributed by atoms with Crippen LogP contribution in [0.2, 0.25) is 0 Å². The van der Waals surface area contributed by atoms with E-state index in [2.05, 4.69) is 79.5 Å². The summed E-state index contributed by atoms with van der Waals surface area (Å²) in [6, 6.07) is 8.80. The summed E-state index contributed by atoms with van der Waals surface area (Å²) in [6.45, 7) is 10.8. The lowest BCUT2D eigenvalue weighted by molar-refractivity contribution is 0.345. The first kappa shape index (κ1) is 24.8. The number of hydrogen-bond acceptors (Lipinski definition) is 6. The van der Waals surface area contributed by atoms with Crippen LogP contribution in [0.25, 0.3) is 0 Å². The first-order chi connectivity index (χ1) is 14.1. The molecule has 3 rings (SSSR count). The highest BCUT2D eigenvalue weighted by molar-refractivity contribution is 14.0. The minimum Gasteiger partial charge on any atom is -0.352 e. The van der Waals surface area contributed by atoms with Gasteiger partial charge in [0, 0.05) is 64.3 Å². The Morgan fingerprint density at radius 3 is 2.57 bits per heavy atom. The van der Waals surface area contributed by atoms with Gasteiger partial charge in [0.2, 0.25) is 5.13 Å². The number of nitrogens with one attached hydrogen (secondary N) is 1. The lowest BCUT2D eigenvalue weighted by Gasteiger charge is -2.36. The van der Waals surface area contributed by atoms with E-state index in [1.165, 1.54) is 22.7 Å². The first-order valence-electron chi connectivity index (χ1n) is 10.4. The standard InChI is InChI=1S/C21H33N7S.HI/c1-5-19-24-21(29-25-19)28-12-10-27(11-13-28)20(22-3)23-15-17-8-7-9-18(14-17)16-26(4)6-2;/h7-9,14H,5-6,10-13,15-16H2,1-4H3,(H,22,23);1H. The zero-order valence-electron chi connectivity index (χ0n) is 18.5. The van der Waals surface area contributed by atoms with E-state index in [1.807, 2.05) is 7.05 Å². The van der Waals surface area contributed by atoms with E-state index >= 15 is 0 Å². The molecule has 1 aliphatic heterocycles. The van der Waals surface area contributed by atoms with E-state index in [9.17, 15) is 0 Å². The average molecular weight is 544 g/mol. The molecule has 0 bridgehead atoms. The molecule has 0 aliphatic carbocycles. The van der Waals surface area contributed by atoms with Crippen LogP contribution in [0, 0.1) is 0 Å². The molecule has 0 radical (unpaired) electrons. The molecule has 1 N–H and O–H groups in total. The van der Waals surface area contributed by atoms with Gasteiger partial charge >= 0.3 is 0 Å². The Balaban J connectivity index is 0.00000320. The SMILES string of the molecule is CCc1nsc(N2CCN(C(=NC)NCc3cccc(CN(C)CC)c3)CC2)n1.I. The van der Waals surface area contributed by atoms with Crippen LogP contribution < -0.4 is 10.2 Å². The predicted molar refractivity (Wildman–Crippen MR) is 137 cm³/mol. The van der Waals surface area contributed by atoms with Crippen molar-refractivity contribution in [1.82, 2.24) is 24.5 Å². The second kappa shape index (κ2) is 12.4. The maximum atomic E-state index is 4.62. The second-order valence-corrected chi connectivity index (χ2v) is 8.10. The highest BCUT2D eigenvalue weighted by Gasteiger charge is 2.22. The molecule has 0 spiro atoms. The molecule has 2 heterocycles. The predicted octanol–water partition coefficient (Wildman–Crippen LogP) is 3.07. The lowest BCUT2D eigenvalue weighted by Crippen LogP contribution is -2.52.